The molecule has 41 heavy (non-hydrogen) atoms. The minimum Gasteiger partial charge on any atom is -0.480 e. The van der Waals surface area contributed by atoms with Crippen molar-refractivity contribution in [2.75, 3.05) is 24.3 Å². The number of aromatic hydroxyl groups is 1. The van der Waals surface area contributed by atoms with Gasteiger partial charge in [0.1, 0.15) is 11.8 Å². The predicted molar refractivity (Wildman–Crippen MR) is 154 cm³/mol. The number of aromatic nitrogens is 3. The number of benzene rings is 3. The lowest BCUT2D eigenvalue weighted by molar-refractivity contribution is -0.137. The Bertz CT molecular complexity index is 1450. The van der Waals surface area contributed by atoms with Crippen molar-refractivity contribution in [3.8, 4) is 11.8 Å². The van der Waals surface area contributed by atoms with E-state index in [-0.39, 0.29) is 24.4 Å². The van der Waals surface area contributed by atoms with Gasteiger partial charge in [0, 0.05) is 27.1 Å². The Hall–Kier alpha value is -5.19. The van der Waals surface area contributed by atoms with E-state index in [9.17, 15) is 19.8 Å². The molecule has 4 aromatic rings. The van der Waals surface area contributed by atoms with Crippen molar-refractivity contribution in [2.24, 2.45) is 0 Å². The highest BCUT2D eigenvalue weighted by molar-refractivity contribution is 5.77. The molecule has 0 aliphatic carbocycles. The zero-order valence-electron chi connectivity index (χ0n) is 23.0. The molecular weight excluding hydrogens is 524 g/mol. The van der Waals surface area contributed by atoms with Crippen LogP contribution < -0.4 is 15.0 Å². The molecular formula is C30H32N6O5. The van der Waals surface area contributed by atoms with Gasteiger partial charge in [-0.1, -0.05) is 72.8 Å². The van der Waals surface area contributed by atoms with Crippen molar-refractivity contribution < 1.29 is 24.5 Å². The highest BCUT2D eigenvalue weighted by Gasteiger charge is 2.24. The first kappa shape index (κ1) is 28.8. The minimum absolute atomic E-state index is 0.0743. The molecule has 2 atom stereocenters. The number of rotatable bonds is 11. The first-order chi connectivity index (χ1) is 19.7. The number of hydrogen-bond acceptors (Lipinski definition) is 9. The minimum atomic E-state index is -1.13. The van der Waals surface area contributed by atoms with E-state index in [1.165, 1.54) is 4.90 Å². The Morgan fingerprint density at radius 3 is 2.12 bits per heavy atom. The fourth-order valence-corrected chi connectivity index (χ4v) is 4.10. The average Bonchev–Trinajstić information content (AvgIpc) is 2.96. The Balaban J connectivity index is 1.57. The van der Waals surface area contributed by atoms with E-state index < -0.39 is 24.1 Å². The van der Waals surface area contributed by atoms with Gasteiger partial charge in [0.2, 0.25) is 11.9 Å². The number of ether oxygens (including phenoxy) is 1. The van der Waals surface area contributed by atoms with Crippen LogP contribution in [0.15, 0.2) is 84.9 Å². The third kappa shape index (κ3) is 7.91. The second-order valence-electron chi connectivity index (χ2n) is 9.60. The van der Waals surface area contributed by atoms with Gasteiger partial charge in [0.25, 0.3) is 0 Å². The molecule has 1 aromatic heterocycles. The fourth-order valence-electron chi connectivity index (χ4n) is 4.10. The van der Waals surface area contributed by atoms with E-state index in [4.69, 9.17) is 4.74 Å². The summed E-state index contributed by atoms with van der Waals surface area (Å²) >= 11 is 0. The molecule has 0 radical (unpaired) electrons. The van der Waals surface area contributed by atoms with Crippen LogP contribution in [-0.4, -0.2) is 62.3 Å². The number of aliphatic carboxylic acids is 1. The van der Waals surface area contributed by atoms with Gasteiger partial charge in [-0.2, -0.15) is 15.0 Å². The maximum absolute atomic E-state index is 12.2. The summed E-state index contributed by atoms with van der Waals surface area (Å²) in [6, 6.07) is 24.3. The predicted octanol–water partition coefficient (Wildman–Crippen LogP) is 4.51. The van der Waals surface area contributed by atoms with E-state index in [2.05, 4.69) is 20.3 Å². The Kier molecular flexibility index (Phi) is 9.31. The van der Waals surface area contributed by atoms with Gasteiger partial charge in [-0.05, 0) is 35.7 Å². The van der Waals surface area contributed by atoms with Gasteiger partial charge in [0.15, 0.2) is 0 Å². The number of carbonyl (C=O) groups excluding carboxylic acids is 1. The van der Waals surface area contributed by atoms with Crippen molar-refractivity contribution in [1.29, 1.82) is 0 Å². The molecule has 3 N–H and O–H groups in total. The summed E-state index contributed by atoms with van der Waals surface area (Å²) in [6.07, 6.45) is -0.441. The van der Waals surface area contributed by atoms with Gasteiger partial charge >= 0.3 is 18.1 Å². The van der Waals surface area contributed by atoms with Gasteiger partial charge in [-0.3, -0.25) is 0 Å². The molecule has 3 aromatic carbocycles. The first-order valence-corrected chi connectivity index (χ1v) is 13.0. The number of anilines is 2. The van der Waals surface area contributed by atoms with Crippen LogP contribution in [0.25, 0.3) is 0 Å². The maximum atomic E-state index is 12.2. The van der Waals surface area contributed by atoms with E-state index in [1.807, 2.05) is 72.5 Å². The molecule has 212 valence electrons. The van der Waals surface area contributed by atoms with Crippen LogP contribution in [0.1, 0.15) is 29.7 Å². The lowest BCUT2D eigenvalue weighted by Gasteiger charge is -2.30. The van der Waals surface area contributed by atoms with Crippen LogP contribution in [0.3, 0.4) is 0 Å². The molecule has 0 aliphatic rings. The van der Waals surface area contributed by atoms with Crippen molar-refractivity contribution in [3.63, 3.8) is 0 Å². The third-order valence-corrected chi connectivity index (χ3v) is 6.35. The number of carbonyl (C=O) groups is 2. The molecule has 0 unspecified atom stereocenters. The second-order valence-corrected chi connectivity index (χ2v) is 9.60. The number of nitrogens with one attached hydrogen (secondary N) is 1. The Morgan fingerprint density at radius 1 is 0.878 bits per heavy atom. The summed E-state index contributed by atoms with van der Waals surface area (Å²) in [5, 5.41) is 23.2. The standard InChI is InChI=1S/C30H32N6O5/c1-20(23-12-8-5-9-13-23)36(19-22-10-6-4-7-11-22)28-32-27(33-29(39)34-28)31-25(26(37)38)18-21-14-16-24(17-15-21)41-30(40)35(2)3/h4-17,20,25H,18-19H2,1-3H3,(H,37,38)(H2,31,32,33,34,39)/t20-,25-/m0/s1. The summed E-state index contributed by atoms with van der Waals surface area (Å²) in [7, 11) is 3.15. The maximum Gasteiger partial charge on any atom is 0.414 e. The summed E-state index contributed by atoms with van der Waals surface area (Å²) in [6.45, 7) is 2.44. The van der Waals surface area contributed by atoms with E-state index in [0.29, 0.717) is 17.9 Å². The lowest BCUT2D eigenvalue weighted by Crippen LogP contribution is -2.33. The number of nitrogens with zero attached hydrogens (tertiary/aromatic N) is 5. The van der Waals surface area contributed by atoms with Gasteiger partial charge in [-0.25, -0.2) is 9.59 Å². The van der Waals surface area contributed by atoms with Crippen molar-refractivity contribution in [1.82, 2.24) is 19.9 Å². The first-order valence-electron chi connectivity index (χ1n) is 13.0. The largest absolute Gasteiger partial charge is 0.480 e. The molecule has 4 rings (SSSR count). The molecule has 1 amide bonds. The highest BCUT2D eigenvalue weighted by Crippen LogP contribution is 2.28. The van der Waals surface area contributed by atoms with Crippen LogP contribution in [-0.2, 0) is 17.8 Å². The molecule has 0 saturated carbocycles. The third-order valence-electron chi connectivity index (χ3n) is 6.35. The van der Waals surface area contributed by atoms with Gasteiger partial charge in [0.05, 0.1) is 6.04 Å². The monoisotopic (exact) mass is 556 g/mol. The smallest absolute Gasteiger partial charge is 0.414 e. The zero-order chi connectivity index (χ0) is 29.4. The molecule has 0 aliphatic heterocycles. The molecule has 0 spiro atoms. The average molecular weight is 557 g/mol. The van der Waals surface area contributed by atoms with Crippen molar-refractivity contribution in [2.45, 2.75) is 32.0 Å². The topological polar surface area (TPSA) is 141 Å². The second kappa shape index (κ2) is 13.2. The van der Waals surface area contributed by atoms with E-state index in [1.54, 1.807) is 38.4 Å². The fraction of sp³-hybridized carbons (Fsp3) is 0.233. The molecule has 11 nitrogen and oxygen atoms in total. The van der Waals surface area contributed by atoms with Crippen LogP contribution in [0, 0.1) is 0 Å². The van der Waals surface area contributed by atoms with Crippen molar-refractivity contribution in [3.05, 3.63) is 102 Å². The Morgan fingerprint density at radius 2 is 1.51 bits per heavy atom. The summed E-state index contributed by atoms with van der Waals surface area (Å²) < 4.78 is 5.22. The van der Waals surface area contributed by atoms with Crippen LogP contribution >= 0.6 is 0 Å². The number of amides is 1. The van der Waals surface area contributed by atoms with Crippen LogP contribution in [0.4, 0.5) is 16.7 Å². The van der Waals surface area contributed by atoms with Crippen LogP contribution in [0.2, 0.25) is 0 Å². The number of carboxylic acid groups (broad SMARTS) is 1. The quantitative estimate of drug-likeness (QED) is 0.242. The van der Waals surface area contributed by atoms with E-state index >= 15 is 0 Å². The van der Waals surface area contributed by atoms with Crippen molar-refractivity contribution >= 4 is 24.0 Å². The zero-order valence-corrected chi connectivity index (χ0v) is 23.0. The normalized spacial score (nSPS) is 12.2. The molecule has 0 bridgehead atoms. The van der Waals surface area contributed by atoms with Gasteiger partial charge < -0.3 is 30.1 Å². The van der Waals surface area contributed by atoms with Crippen LogP contribution in [0.5, 0.6) is 11.8 Å². The van der Waals surface area contributed by atoms with Gasteiger partial charge in [-0.15, -0.1) is 0 Å². The molecule has 0 saturated heterocycles. The summed E-state index contributed by atoms with van der Waals surface area (Å²) in [5.74, 6) is -0.676. The Labute approximate surface area is 238 Å². The summed E-state index contributed by atoms with van der Waals surface area (Å²) in [4.78, 5) is 39.8. The number of carboxylic acids is 1. The number of hydrogen-bond donors (Lipinski definition) is 3. The summed E-state index contributed by atoms with van der Waals surface area (Å²) in [5.41, 5.74) is 2.70. The molecule has 0 fully saturated rings. The molecule has 11 heteroatoms. The molecule has 1 heterocycles. The lowest BCUT2D eigenvalue weighted by atomic mass is 10.1. The van der Waals surface area contributed by atoms with E-state index in [0.717, 1.165) is 11.1 Å². The SMILES string of the molecule is C[C@@H](c1ccccc1)N(Cc1ccccc1)c1nc(O)nc(N[C@@H](Cc2ccc(OC(=O)N(C)C)cc2)C(=O)O)n1. The highest BCUT2D eigenvalue weighted by atomic mass is 16.6.